The predicted octanol–water partition coefficient (Wildman–Crippen LogP) is 1.48. The number of methoxy groups -OCH3 is 1. The Bertz CT molecular complexity index is 788. The van der Waals surface area contributed by atoms with Crippen LogP contribution in [-0.2, 0) is 22.5 Å². The van der Waals surface area contributed by atoms with E-state index < -0.39 is 6.09 Å². The largest absolute Gasteiger partial charge is 0.453 e. The maximum Gasteiger partial charge on any atom is 0.412 e. The molecule has 0 spiro atoms. The molecular formula is C16H20N6O3. The van der Waals surface area contributed by atoms with Gasteiger partial charge in [0.15, 0.2) is 5.82 Å². The standard InChI is InChI=1S/C16H20N6O3/c1-21-7-3-4-11-8-12(5-6-13(11)21)17-15(23)10-22-9-14(19-20-22)18-16(24)25-2/h5-6,8-9H,3-4,7,10H2,1-2H3,(H,17,23)(H,18,24). The molecule has 1 aromatic carbocycles. The number of anilines is 3. The van der Waals surface area contributed by atoms with Gasteiger partial charge in [-0.05, 0) is 36.6 Å². The lowest BCUT2D eigenvalue weighted by Gasteiger charge is -2.27. The monoisotopic (exact) mass is 344 g/mol. The van der Waals surface area contributed by atoms with Crippen LogP contribution in [0.5, 0.6) is 0 Å². The third-order valence-electron chi connectivity index (χ3n) is 3.97. The van der Waals surface area contributed by atoms with E-state index in [9.17, 15) is 9.59 Å². The van der Waals surface area contributed by atoms with Gasteiger partial charge >= 0.3 is 6.09 Å². The van der Waals surface area contributed by atoms with Crippen LogP contribution >= 0.6 is 0 Å². The van der Waals surface area contributed by atoms with Crippen molar-refractivity contribution in [2.75, 3.05) is 36.2 Å². The second-order valence-electron chi connectivity index (χ2n) is 5.83. The molecule has 0 aliphatic carbocycles. The van der Waals surface area contributed by atoms with Gasteiger partial charge in [-0.2, -0.15) is 0 Å². The van der Waals surface area contributed by atoms with E-state index in [1.165, 1.54) is 29.2 Å². The SMILES string of the molecule is COC(=O)Nc1cn(CC(=O)Nc2ccc3c(c2)CCCN3C)nn1. The van der Waals surface area contributed by atoms with Crippen LogP contribution in [0.4, 0.5) is 22.0 Å². The van der Waals surface area contributed by atoms with Gasteiger partial charge in [-0.1, -0.05) is 5.21 Å². The summed E-state index contributed by atoms with van der Waals surface area (Å²) >= 11 is 0. The topological polar surface area (TPSA) is 101 Å². The summed E-state index contributed by atoms with van der Waals surface area (Å²) in [5, 5.41) is 12.8. The molecule has 1 aliphatic rings. The van der Waals surface area contributed by atoms with Crippen molar-refractivity contribution in [3.05, 3.63) is 30.0 Å². The summed E-state index contributed by atoms with van der Waals surface area (Å²) in [6, 6.07) is 5.93. The molecule has 9 heteroatoms. The minimum atomic E-state index is -0.643. The van der Waals surface area contributed by atoms with Gasteiger partial charge < -0.3 is 15.0 Å². The Kier molecular flexibility index (Phi) is 4.82. The van der Waals surface area contributed by atoms with Crippen LogP contribution in [0.3, 0.4) is 0 Å². The van der Waals surface area contributed by atoms with Gasteiger partial charge in [0.05, 0.1) is 13.3 Å². The van der Waals surface area contributed by atoms with E-state index >= 15 is 0 Å². The smallest absolute Gasteiger partial charge is 0.412 e. The second kappa shape index (κ2) is 7.20. The zero-order valence-electron chi connectivity index (χ0n) is 14.2. The lowest BCUT2D eigenvalue weighted by atomic mass is 10.0. The number of rotatable bonds is 4. The van der Waals surface area contributed by atoms with Crippen molar-refractivity contribution < 1.29 is 14.3 Å². The number of nitrogens with zero attached hydrogens (tertiary/aromatic N) is 4. The van der Waals surface area contributed by atoms with Crippen molar-refractivity contribution in [2.24, 2.45) is 0 Å². The summed E-state index contributed by atoms with van der Waals surface area (Å²) in [5.74, 6) is -0.00454. The third-order valence-corrected chi connectivity index (χ3v) is 3.97. The Morgan fingerprint density at radius 3 is 2.96 bits per heavy atom. The average Bonchev–Trinajstić information content (AvgIpc) is 3.01. The van der Waals surface area contributed by atoms with Crippen LogP contribution in [0.25, 0.3) is 0 Å². The Labute approximate surface area is 144 Å². The summed E-state index contributed by atoms with van der Waals surface area (Å²) in [6.07, 6.45) is 2.93. The van der Waals surface area contributed by atoms with Gasteiger partial charge in [0.2, 0.25) is 5.91 Å². The molecule has 1 aliphatic heterocycles. The number of fused-ring (bicyclic) bond motifs is 1. The summed E-state index contributed by atoms with van der Waals surface area (Å²) < 4.78 is 5.81. The molecule has 1 aromatic heterocycles. The zero-order valence-corrected chi connectivity index (χ0v) is 14.2. The second-order valence-corrected chi connectivity index (χ2v) is 5.83. The maximum absolute atomic E-state index is 12.2. The van der Waals surface area contributed by atoms with Crippen LogP contribution in [-0.4, -0.2) is 47.7 Å². The number of carbonyl (C=O) groups is 2. The number of aromatic nitrogens is 3. The zero-order chi connectivity index (χ0) is 17.8. The minimum Gasteiger partial charge on any atom is -0.453 e. The first-order valence-corrected chi connectivity index (χ1v) is 7.94. The highest BCUT2D eigenvalue weighted by Gasteiger charge is 2.15. The summed E-state index contributed by atoms with van der Waals surface area (Å²) in [6.45, 7) is 1.04. The molecule has 3 rings (SSSR count). The average molecular weight is 344 g/mol. The van der Waals surface area contributed by atoms with Crippen molar-refractivity contribution >= 4 is 29.2 Å². The fourth-order valence-electron chi connectivity index (χ4n) is 2.80. The van der Waals surface area contributed by atoms with E-state index in [-0.39, 0.29) is 18.3 Å². The van der Waals surface area contributed by atoms with E-state index in [0.29, 0.717) is 0 Å². The minimum absolute atomic E-state index is 0.00710. The molecular weight excluding hydrogens is 324 g/mol. The molecule has 0 unspecified atom stereocenters. The van der Waals surface area contributed by atoms with E-state index in [1.807, 2.05) is 18.2 Å². The number of benzene rings is 1. The quantitative estimate of drug-likeness (QED) is 0.871. The van der Waals surface area contributed by atoms with E-state index in [1.54, 1.807) is 0 Å². The molecule has 0 saturated heterocycles. The van der Waals surface area contributed by atoms with Gasteiger partial charge in [-0.3, -0.25) is 10.1 Å². The molecule has 25 heavy (non-hydrogen) atoms. The summed E-state index contributed by atoms with van der Waals surface area (Å²) in [5.41, 5.74) is 3.20. The van der Waals surface area contributed by atoms with Gasteiger partial charge in [0.25, 0.3) is 0 Å². The molecule has 0 saturated carbocycles. The van der Waals surface area contributed by atoms with Crippen LogP contribution in [0.2, 0.25) is 0 Å². The van der Waals surface area contributed by atoms with Crippen molar-refractivity contribution in [1.82, 2.24) is 15.0 Å². The molecule has 2 N–H and O–H groups in total. The molecule has 2 aromatic rings. The van der Waals surface area contributed by atoms with Gasteiger partial charge in [-0.15, -0.1) is 5.10 Å². The first kappa shape index (κ1) is 16.7. The molecule has 0 bridgehead atoms. The number of hydrogen-bond donors (Lipinski definition) is 2. The van der Waals surface area contributed by atoms with Crippen LogP contribution < -0.4 is 15.5 Å². The van der Waals surface area contributed by atoms with Crippen molar-refractivity contribution in [1.29, 1.82) is 0 Å². The van der Waals surface area contributed by atoms with E-state index in [0.717, 1.165) is 25.1 Å². The van der Waals surface area contributed by atoms with Crippen LogP contribution in [0.1, 0.15) is 12.0 Å². The van der Waals surface area contributed by atoms with Crippen molar-refractivity contribution in [3.63, 3.8) is 0 Å². The highest BCUT2D eigenvalue weighted by atomic mass is 16.5. The molecule has 132 valence electrons. The normalized spacial score (nSPS) is 13.1. The number of hydrogen-bond acceptors (Lipinski definition) is 6. The first-order valence-electron chi connectivity index (χ1n) is 7.94. The number of carbonyl (C=O) groups excluding carboxylic acids is 2. The third kappa shape index (κ3) is 4.06. The van der Waals surface area contributed by atoms with Crippen molar-refractivity contribution in [2.45, 2.75) is 19.4 Å². The van der Waals surface area contributed by atoms with Gasteiger partial charge in [-0.25, -0.2) is 9.48 Å². The molecule has 2 heterocycles. The number of ether oxygens (including phenoxy) is 1. The lowest BCUT2D eigenvalue weighted by molar-refractivity contribution is -0.116. The van der Waals surface area contributed by atoms with Crippen LogP contribution in [0.15, 0.2) is 24.4 Å². The maximum atomic E-state index is 12.2. The van der Waals surface area contributed by atoms with E-state index in [2.05, 4.69) is 37.6 Å². The number of aryl methyl sites for hydroxylation is 1. The molecule has 0 atom stereocenters. The van der Waals surface area contributed by atoms with Gasteiger partial charge in [0.1, 0.15) is 6.54 Å². The fraction of sp³-hybridized carbons (Fsp3) is 0.375. The van der Waals surface area contributed by atoms with Crippen molar-refractivity contribution in [3.8, 4) is 0 Å². The predicted molar refractivity (Wildman–Crippen MR) is 92.7 cm³/mol. The molecule has 2 amide bonds. The Balaban J connectivity index is 1.60. The van der Waals surface area contributed by atoms with Crippen LogP contribution in [0, 0.1) is 0 Å². The van der Waals surface area contributed by atoms with Gasteiger partial charge in [0, 0.05) is 25.0 Å². The number of nitrogens with one attached hydrogen (secondary N) is 2. The molecule has 9 nitrogen and oxygen atoms in total. The Morgan fingerprint density at radius 1 is 1.32 bits per heavy atom. The molecule has 0 radical (unpaired) electrons. The molecule has 0 fully saturated rings. The first-order chi connectivity index (χ1) is 12.0. The summed E-state index contributed by atoms with van der Waals surface area (Å²) in [4.78, 5) is 25.5. The number of amides is 2. The van der Waals surface area contributed by atoms with E-state index in [4.69, 9.17) is 0 Å². The Hall–Kier alpha value is -3.10. The summed E-state index contributed by atoms with van der Waals surface area (Å²) in [7, 11) is 3.32. The lowest BCUT2D eigenvalue weighted by Crippen LogP contribution is -2.25. The highest BCUT2D eigenvalue weighted by Crippen LogP contribution is 2.28. The highest BCUT2D eigenvalue weighted by molar-refractivity contribution is 5.91. The Morgan fingerprint density at radius 2 is 2.16 bits per heavy atom. The fourth-order valence-corrected chi connectivity index (χ4v) is 2.80.